The van der Waals surface area contributed by atoms with Gasteiger partial charge in [-0.1, -0.05) is 43.3 Å². The van der Waals surface area contributed by atoms with Crippen LogP contribution in [0.2, 0.25) is 0 Å². The average Bonchev–Trinajstić information content (AvgIpc) is 2.35. The van der Waals surface area contributed by atoms with Crippen LogP contribution in [0.5, 0.6) is 0 Å². The maximum absolute atomic E-state index is 11.2. The lowest BCUT2D eigenvalue weighted by atomic mass is 9.97. The zero-order valence-electron chi connectivity index (χ0n) is 10.1. The highest BCUT2D eigenvalue weighted by molar-refractivity contribution is 5.74. The molecule has 0 aromatic heterocycles. The van der Waals surface area contributed by atoms with Crippen molar-refractivity contribution in [1.82, 2.24) is 5.32 Å². The lowest BCUT2D eigenvalue weighted by Crippen LogP contribution is -2.41. The van der Waals surface area contributed by atoms with Crippen molar-refractivity contribution in [3.05, 3.63) is 48.6 Å². The molecule has 0 spiro atoms. The Morgan fingerprint density at radius 2 is 2.12 bits per heavy atom. The van der Waals surface area contributed by atoms with Gasteiger partial charge < -0.3 is 5.11 Å². The minimum Gasteiger partial charge on any atom is -0.480 e. The van der Waals surface area contributed by atoms with Crippen molar-refractivity contribution in [3.63, 3.8) is 0 Å². The Morgan fingerprint density at radius 3 is 2.59 bits per heavy atom. The van der Waals surface area contributed by atoms with Gasteiger partial charge in [-0.3, -0.25) is 10.1 Å². The predicted molar refractivity (Wildman–Crippen MR) is 68.7 cm³/mol. The summed E-state index contributed by atoms with van der Waals surface area (Å²) in [5.74, 6) is -0.871. The number of rotatable bonds is 7. The lowest BCUT2D eigenvalue weighted by Gasteiger charge is -2.20. The lowest BCUT2D eigenvalue weighted by molar-refractivity contribution is -0.140. The van der Waals surface area contributed by atoms with E-state index in [2.05, 4.69) is 11.9 Å². The first-order valence-electron chi connectivity index (χ1n) is 5.81. The molecule has 0 saturated carbocycles. The van der Waals surface area contributed by atoms with Gasteiger partial charge in [-0.05, 0) is 12.0 Å². The Hall–Kier alpha value is -1.61. The molecule has 0 aliphatic heterocycles. The van der Waals surface area contributed by atoms with Crippen LogP contribution < -0.4 is 5.32 Å². The van der Waals surface area contributed by atoms with E-state index in [0.29, 0.717) is 6.54 Å². The van der Waals surface area contributed by atoms with E-state index >= 15 is 0 Å². The SMILES string of the molecule is C=C[C@@H](CC)[C@@H](NCc1ccccc1)C(=O)O. The van der Waals surface area contributed by atoms with E-state index in [1.807, 2.05) is 37.3 Å². The van der Waals surface area contributed by atoms with Crippen LogP contribution in [0.25, 0.3) is 0 Å². The fraction of sp³-hybridized carbons (Fsp3) is 0.357. The molecular formula is C14H19NO2. The average molecular weight is 233 g/mol. The summed E-state index contributed by atoms with van der Waals surface area (Å²) in [7, 11) is 0. The second kappa shape index (κ2) is 6.86. The van der Waals surface area contributed by atoms with Crippen molar-refractivity contribution in [3.8, 4) is 0 Å². The molecule has 0 aliphatic rings. The summed E-state index contributed by atoms with van der Waals surface area (Å²) in [5.41, 5.74) is 1.08. The van der Waals surface area contributed by atoms with Crippen LogP contribution in [-0.2, 0) is 11.3 Å². The second-order valence-electron chi connectivity index (χ2n) is 3.99. The van der Waals surface area contributed by atoms with Gasteiger partial charge in [-0.25, -0.2) is 0 Å². The molecule has 2 atom stereocenters. The number of hydrogen-bond acceptors (Lipinski definition) is 2. The van der Waals surface area contributed by atoms with Crippen molar-refractivity contribution < 1.29 is 9.90 Å². The summed E-state index contributed by atoms with van der Waals surface area (Å²) in [4.78, 5) is 11.2. The highest BCUT2D eigenvalue weighted by Crippen LogP contribution is 2.11. The van der Waals surface area contributed by atoms with Crippen LogP contribution in [0.3, 0.4) is 0 Å². The number of carboxylic acids is 1. The fourth-order valence-electron chi connectivity index (χ4n) is 1.78. The van der Waals surface area contributed by atoms with E-state index in [4.69, 9.17) is 0 Å². The van der Waals surface area contributed by atoms with Crippen molar-refractivity contribution in [1.29, 1.82) is 0 Å². The summed E-state index contributed by atoms with van der Waals surface area (Å²) < 4.78 is 0. The van der Waals surface area contributed by atoms with Gasteiger partial charge in [0.25, 0.3) is 0 Å². The molecular weight excluding hydrogens is 214 g/mol. The topological polar surface area (TPSA) is 49.3 Å². The summed E-state index contributed by atoms with van der Waals surface area (Å²) in [6, 6.07) is 9.20. The minimum absolute atomic E-state index is 0.0452. The van der Waals surface area contributed by atoms with Crippen molar-refractivity contribution >= 4 is 5.97 Å². The number of hydrogen-bond donors (Lipinski definition) is 2. The Balaban J connectivity index is 2.62. The number of benzene rings is 1. The summed E-state index contributed by atoms with van der Waals surface area (Å²) >= 11 is 0. The molecule has 2 N–H and O–H groups in total. The van der Waals surface area contributed by atoms with Crippen molar-refractivity contribution in [2.24, 2.45) is 5.92 Å². The van der Waals surface area contributed by atoms with Crippen LogP contribution in [-0.4, -0.2) is 17.1 Å². The largest absolute Gasteiger partial charge is 0.480 e. The third-order valence-electron chi connectivity index (χ3n) is 2.84. The number of aliphatic carboxylic acids is 1. The van der Waals surface area contributed by atoms with Gasteiger partial charge in [0.1, 0.15) is 6.04 Å². The maximum Gasteiger partial charge on any atom is 0.321 e. The molecule has 0 fully saturated rings. The molecule has 0 amide bonds. The Kier molecular flexibility index (Phi) is 5.43. The quantitative estimate of drug-likeness (QED) is 0.711. The Bertz CT molecular complexity index is 362. The molecule has 92 valence electrons. The van der Waals surface area contributed by atoms with Crippen LogP contribution >= 0.6 is 0 Å². The van der Waals surface area contributed by atoms with E-state index in [0.717, 1.165) is 12.0 Å². The van der Waals surface area contributed by atoms with E-state index in [9.17, 15) is 9.90 Å². The van der Waals surface area contributed by atoms with Gasteiger partial charge in [0.05, 0.1) is 0 Å². The van der Waals surface area contributed by atoms with E-state index in [1.54, 1.807) is 6.08 Å². The van der Waals surface area contributed by atoms with Gasteiger partial charge in [0.15, 0.2) is 0 Å². The number of carbonyl (C=O) groups is 1. The van der Waals surface area contributed by atoms with E-state index < -0.39 is 12.0 Å². The van der Waals surface area contributed by atoms with Crippen LogP contribution in [0, 0.1) is 5.92 Å². The molecule has 1 rings (SSSR count). The molecule has 1 aromatic rings. The molecule has 0 aliphatic carbocycles. The van der Waals surface area contributed by atoms with Gasteiger partial charge in [0.2, 0.25) is 0 Å². The summed E-state index contributed by atoms with van der Waals surface area (Å²) in [5, 5.41) is 12.2. The Labute approximate surface area is 102 Å². The summed E-state index contributed by atoms with van der Waals surface area (Å²) in [6.07, 6.45) is 2.47. The highest BCUT2D eigenvalue weighted by atomic mass is 16.4. The maximum atomic E-state index is 11.2. The van der Waals surface area contributed by atoms with Gasteiger partial charge in [-0.2, -0.15) is 0 Å². The summed E-state index contributed by atoms with van der Waals surface area (Å²) in [6.45, 7) is 6.21. The first kappa shape index (κ1) is 13.5. The zero-order chi connectivity index (χ0) is 12.7. The molecule has 0 bridgehead atoms. The molecule has 0 radical (unpaired) electrons. The molecule has 3 nitrogen and oxygen atoms in total. The Morgan fingerprint density at radius 1 is 1.47 bits per heavy atom. The molecule has 0 saturated heterocycles. The first-order valence-corrected chi connectivity index (χ1v) is 5.81. The second-order valence-corrected chi connectivity index (χ2v) is 3.99. The first-order chi connectivity index (χ1) is 8.19. The highest BCUT2D eigenvalue weighted by Gasteiger charge is 2.23. The van der Waals surface area contributed by atoms with E-state index in [1.165, 1.54) is 0 Å². The van der Waals surface area contributed by atoms with Gasteiger partial charge >= 0.3 is 5.97 Å². The monoisotopic (exact) mass is 233 g/mol. The molecule has 1 aromatic carbocycles. The third-order valence-corrected chi connectivity index (χ3v) is 2.84. The van der Waals surface area contributed by atoms with Crippen molar-refractivity contribution in [2.75, 3.05) is 0 Å². The number of nitrogens with one attached hydrogen (secondary N) is 1. The van der Waals surface area contributed by atoms with Gasteiger partial charge in [0, 0.05) is 12.5 Å². The molecule has 3 heteroatoms. The zero-order valence-corrected chi connectivity index (χ0v) is 10.1. The van der Waals surface area contributed by atoms with Crippen LogP contribution in [0.4, 0.5) is 0 Å². The standard InChI is InChI=1S/C14H19NO2/c1-3-12(4-2)13(14(16)17)15-10-11-8-6-5-7-9-11/h3,5-9,12-13,15H,1,4,10H2,2H3,(H,16,17)/t12-,13+/m0/s1. The normalized spacial score (nSPS) is 13.9. The molecule has 0 heterocycles. The predicted octanol–water partition coefficient (Wildman–Crippen LogP) is 2.44. The van der Waals surface area contributed by atoms with Crippen LogP contribution in [0.15, 0.2) is 43.0 Å². The third kappa shape index (κ3) is 4.04. The minimum atomic E-state index is -0.826. The number of carboxylic acid groups (broad SMARTS) is 1. The molecule has 17 heavy (non-hydrogen) atoms. The molecule has 0 unspecified atom stereocenters. The van der Waals surface area contributed by atoms with Crippen LogP contribution in [0.1, 0.15) is 18.9 Å². The van der Waals surface area contributed by atoms with E-state index in [-0.39, 0.29) is 5.92 Å². The fourth-order valence-corrected chi connectivity index (χ4v) is 1.78. The van der Waals surface area contributed by atoms with Gasteiger partial charge in [-0.15, -0.1) is 6.58 Å². The smallest absolute Gasteiger partial charge is 0.321 e. The van der Waals surface area contributed by atoms with Crippen molar-refractivity contribution in [2.45, 2.75) is 25.9 Å².